The number of methoxy groups -OCH3 is 1. The average Bonchev–Trinajstić information content (AvgIpc) is 3.30. The molecule has 28 heavy (non-hydrogen) atoms. The van der Waals surface area contributed by atoms with E-state index < -0.39 is 0 Å². The molecule has 1 aromatic carbocycles. The summed E-state index contributed by atoms with van der Waals surface area (Å²) in [6, 6.07) is 6.01. The molecule has 0 amide bonds. The molecule has 7 heteroatoms. The van der Waals surface area contributed by atoms with Crippen molar-refractivity contribution in [3.05, 3.63) is 59.5 Å². The van der Waals surface area contributed by atoms with Gasteiger partial charge in [0.05, 0.1) is 24.7 Å². The van der Waals surface area contributed by atoms with Crippen LogP contribution in [0.2, 0.25) is 0 Å². The van der Waals surface area contributed by atoms with E-state index in [1.54, 1.807) is 7.11 Å². The Labute approximate surface area is 165 Å². The monoisotopic (exact) mass is 384 g/mol. The predicted molar refractivity (Wildman–Crippen MR) is 106 cm³/mol. The summed E-state index contributed by atoms with van der Waals surface area (Å²) in [5, 5.41) is 7.46. The molecule has 0 aliphatic carbocycles. The van der Waals surface area contributed by atoms with Gasteiger partial charge < -0.3 is 23.9 Å². The second kappa shape index (κ2) is 9.41. The molecule has 0 aliphatic heterocycles. The maximum Gasteiger partial charge on any atom is 0.161 e. The Morgan fingerprint density at radius 1 is 1.25 bits per heavy atom. The van der Waals surface area contributed by atoms with Crippen molar-refractivity contribution >= 4 is 0 Å². The summed E-state index contributed by atoms with van der Waals surface area (Å²) in [5.74, 6) is 2.72. The van der Waals surface area contributed by atoms with Crippen molar-refractivity contribution in [2.75, 3.05) is 13.7 Å². The number of hydrogen-bond donors (Lipinski definition) is 1. The second-order valence-corrected chi connectivity index (χ2v) is 7.07. The molecular formula is C21H28N4O3. The van der Waals surface area contributed by atoms with Crippen molar-refractivity contribution in [1.29, 1.82) is 0 Å². The van der Waals surface area contributed by atoms with Gasteiger partial charge >= 0.3 is 0 Å². The van der Waals surface area contributed by atoms with Crippen LogP contribution < -0.4 is 14.8 Å². The fourth-order valence-electron chi connectivity index (χ4n) is 3.08. The van der Waals surface area contributed by atoms with E-state index in [1.807, 2.05) is 44.7 Å². The van der Waals surface area contributed by atoms with E-state index in [9.17, 15) is 0 Å². The molecule has 0 saturated carbocycles. The Morgan fingerprint density at radius 2 is 2.11 bits per heavy atom. The lowest BCUT2D eigenvalue weighted by molar-refractivity contribution is 0.281. The van der Waals surface area contributed by atoms with Crippen molar-refractivity contribution in [2.24, 2.45) is 5.92 Å². The average molecular weight is 384 g/mol. The topological polar surface area (TPSA) is 74.3 Å². The molecule has 2 aromatic heterocycles. The Balaban J connectivity index is 1.52. The van der Waals surface area contributed by atoms with Gasteiger partial charge in [-0.2, -0.15) is 0 Å². The van der Waals surface area contributed by atoms with Crippen molar-refractivity contribution in [3.63, 3.8) is 0 Å². The lowest BCUT2D eigenvalue weighted by atomic mass is 10.1. The number of benzene rings is 1. The van der Waals surface area contributed by atoms with Gasteiger partial charge in [-0.1, -0.05) is 18.1 Å². The zero-order chi connectivity index (χ0) is 19.9. The van der Waals surface area contributed by atoms with Crippen molar-refractivity contribution in [1.82, 2.24) is 20.0 Å². The smallest absolute Gasteiger partial charge is 0.161 e. The van der Waals surface area contributed by atoms with E-state index >= 15 is 0 Å². The molecule has 3 rings (SSSR count). The Kier molecular flexibility index (Phi) is 6.71. The van der Waals surface area contributed by atoms with Gasteiger partial charge in [-0.25, -0.2) is 4.98 Å². The van der Waals surface area contributed by atoms with Crippen molar-refractivity contribution in [3.8, 4) is 11.5 Å². The maximum atomic E-state index is 5.94. The molecule has 1 unspecified atom stereocenters. The van der Waals surface area contributed by atoms with Crippen LogP contribution in [0.4, 0.5) is 0 Å². The Hall–Kier alpha value is -2.80. The quantitative estimate of drug-likeness (QED) is 0.577. The normalized spacial score (nSPS) is 12.1. The van der Waals surface area contributed by atoms with E-state index in [4.69, 9.17) is 14.0 Å². The molecular weight excluding hydrogens is 356 g/mol. The fourth-order valence-corrected chi connectivity index (χ4v) is 3.08. The first kappa shape index (κ1) is 19.9. The summed E-state index contributed by atoms with van der Waals surface area (Å²) in [6.07, 6.45) is 5.65. The summed E-state index contributed by atoms with van der Waals surface area (Å²) >= 11 is 0. The van der Waals surface area contributed by atoms with Gasteiger partial charge in [0.1, 0.15) is 12.4 Å². The molecule has 1 N–H and O–H groups in total. The highest BCUT2D eigenvalue weighted by atomic mass is 16.5. The molecule has 3 aromatic rings. The lowest BCUT2D eigenvalue weighted by Crippen LogP contribution is -2.23. The minimum atomic E-state index is 0.404. The molecule has 0 fully saturated rings. The summed E-state index contributed by atoms with van der Waals surface area (Å²) in [4.78, 5) is 4.08. The van der Waals surface area contributed by atoms with Crippen molar-refractivity contribution < 1.29 is 14.0 Å². The molecule has 0 spiro atoms. The van der Waals surface area contributed by atoms with Gasteiger partial charge in [-0.3, -0.25) is 0 Å². The minimum Gasteiger partial charge on any atom is -0.493 e. The van der Waals surface area contributed by atoms with Gasteiger partial charge in [0.25, 0.3) is 0 Å². The Bertz CT molecular complexity index is 854. The van der Waals surface area contributed by atoms with Crippen LogP contribution in [0, 0.1) is 19.8 Å². The maximum absolute atomic E-state index is 5.94. The predicted octanol–water partition coefficient (Wildman–Crippen LogP) is 3.50. The minimum absolute atomic E-state index is 0.404. The molecule has 0 aliphatic rings. The van der Waals surface area contributed by atoms with Crippen molar-refractivity contribution in [2.45, 2.75) is 40.5 Å². The number of nitrogens with one attached hydrogen (secondary N) is 1. The number of rotatable bonds is 10. The number of ether oxygens (including phenoxy) is 2. The third-order valence-electron chi connectivity index (χ3n) is 4.68. The third kappa shape index (κ3) is 5.13. The van der Waals surface area contributed by atoms with E-state index in [-0.39, 0.29) is 0 Å². The highest BCUT2D eigenvalue weighted by Crippen LogP contribution is 2.29. The van der Waals surface area contributed by atoms with Crippen LogP contribution in [-0.4, -0.2) is 28.4 Å². The molecule has 0 saturated heterocycles. The first-order valence-electron chi connectivity index (χ1n) is 9.44. The molecule has 1 atom stereocenters. The van der Waals surface area contributed by atoms with Crippen LogP contribution in [-0.2, 0) is 19.7 Å². The zero-order valence-electron chi connectivity index (χ0n) is 16.9. The van der Waals surface area contributed by atoms with E-state index in [2.05, 4.69) is 33.0 Å². The number of imidazole rings is 1. The number of aromatic nitrogens is 3. The van der Waals surface area contributed by atoms with E-state index in [0.29, 0.717) is 18.3 Å². The summed E-state index contributed by atoms with van der Waals surface area (Å²) in [7, 11) is 1.66. The standard InChI is InChI=1S/C21H28N4O3/c1-15(12-25-8-7-22-14-25)10-23-11-18-5-6-20(21(9-18)26-4)27-13-19-16(2)24-28-17(19)3/h5-9,14-15,23H,10-13H2,1-4H3. The van der Waals surface area contributed by atoms with Gasteiger partial charge in [-0.05, 0) is 44.0 Å². The van der Waals surface area contributed by atoms with Gasteiger partial charge in [-0.15, -0.1) is 0 Å². The SMILES string of the molecule is COc1cc(CNCC(C)Cn2ccnc2)ccc1OCc1c(C)noc1C. The highest BCUT2D eigenvalue weighted by molar-refractivity contribution is 5.43. The number of hydrogen-bond acceptors (Lipinski definition) is 6. The largest absolute Gasteiger partial charge is 0.493 e. The van der Waals surface area contributed by atoms with Gasteiger partial charge in [0.2, 0.25) is 0 Å². The Morgan fingerprint density at radius 3 is 2.79 bits per heavy atom. The van der Waals surface area contributed by atoms with Crippen LogP contribution in [0.3, 0.4) is 0 Å². The van der Waals surface area contributed by atoms with Crippen LogP contribution in [0.1, 0.15) is 29.5 Å². The summed E-state index contributed by atoms with van der Waals surface area (Å²) in [6.45, 7) is 9.07. The van der Waals surface area contributed by atoms with Crippen LogP contribution in [0.5, 0.6) is 11.5 Å². The highest BCUT2D eigenvalue weighted by Gasteiger charge is 2.12. The second-order valence-electron chi connectivity index (χ2n) is 7.07. The van der Waals surface area contributed by atoms with E-state index in [0.717, 1.165) is 48.0 Å². The lowest BCUT2D eigenvalue weighted by Gasteiger charge is -2.15. The third-order valence-corrected chi connectivity index (χ3v) is 4.68. The first-order valence-corrected chi connectivity index (χ1v) is 9.44. The van der Waals surface area contributed by atoms with Crippen LogP contribution in [0.25, 0.3) is 0 Å². The molecule has 150 valence electrons. The summed E-state index contributed by atoms with van der Waals surface area (Å²) < 4.78 is 18.7. The van der Waals surface area contributed by atoms with Crippen LogP contribution in [0.15, 0.2) is 41.4 Å². The molecule has 2 heterocycles. The summed E-state index contributed by atoms with van der Waals surface area (Å²) in [5.41, 5.74) is 2.97. The van der Waals surface area contributed by atoms with Crippen LogP contribution >= 0.6 is 0 Å². The fraction of sp³-hybridized carbons (Fsp3) is 0.429. The first-order chi connectivity index (χ1) is 13.6. The number of nitrogens with zero attached hydrogens (tertiary/aromatic N) is 3. The van der Waals surface area contributed by atoms with Gasteiger partial charge in [0.15, 0.2) is 11.5 Å². The molecule has 0 bridgehead atoms. The molecule has 0 radical (unpaired) electrons. The van der Waals surface area contributed by atoms with E-state index in [1.165, 1.54) is 0 Å². The molecule has 7 nitrogen and oxygen atoms in total. The van der Waals surface area contributed by atoms with Gasteiger partial charge in [0, 0.05) is 25.5 Å². The zero-order valence-corrected chi connectivity index (χ0v) is 16.9. The number of aryl methyl sites for hydroxylation is 2.